The second kappa shape index (κ2) is 9.51. The summed E-state index contributed by atoms with van der Waals surface area (Å²) in [6.07, 6.45) is 4.72. The number of ether oxygens (including phenoxy) is 2. The second-order valence-corrected chi connectivity index (χ2v) is 9.13. The molecule has 1 spiro atoms. The number of nitrogens with zero attached hydrogens (tertiary/aromatic N) is 3. The molecule has 0 bridgehead atoms. The number of carbonyl (C=O) groups excluding carboxylic acids is 1. The van der Waals surface area contributed by atoms with Crippen molar-refractivity contribution in [2.45, 2.75) is 25.0 Å². The minimum absolute atomic E-state index is 0.169. The van der Waals surface area contributed by atoms with E-state index in [1.54, 1.807) is 0 Å². The van der Waals surface area contributed by atoms with Crippen molar-refractivity contribution in [3.8, 4) is 0 Å². The van der Waals surface area contributed by atoms with Gasteiger partial charge < -0.3 is 24.6 Å². The van der Waals surface area contributed by atoms with Gasteiger partial charge in [0.15, 0.2) is 11.0 Å². The summed E-state index contributed by atoms with van der Waals surface area (Å²) >= 11 is 1.41. The van der Waals surface area contributed by atoms with Gasteiger partial charge in [0.05, 0.1) is 18.1 Å². The largest absolute Gasteiger partial charge is 0.371 e. The van der Waals surface area contributed by atoms with Crippen LogP contribution in [0.1, 0.15) is 24.8 Å². The maximum absolute atomic E-state index is 12.2. The van der Waals surface area contributed by atoms with Crippen molar-refractivity contribution in [3.05, 3.63) is 34.7 Å². The summed E-state index contributed by atoms with van der Waals surface area (Å²) in [4.78, 5) is 21.5. The van der Waals surface area contributed by atoms with E-state index in [2.05, 4.69) is 58.5 Å². The highest BCUT2D eigenvalue weighted by Gasteiger charge is 2.39. The van der Waals surface area contributed by atoms with E-state index in [4.69, 9.17) is 9.47 Å². The first-order chi connectivity index (χ1) is 14.5. The van der Waals surface area contributed by atoms with Crippen molar-refractivity contribution in [1.29, 1.82) is 0 Å². The van der Waals surface area contributed by atoms with Gasteiger partial charge in [0.2, 0.25) is 0 Å². The van der Waals surface area contributed by atoms with Crippen molar-refractivity contribution in [2.24, 2.45) is 4.99 Å². The smallest absolute Gasteiger partial charge is 0.286 e. The van der Waals surface area contributed by atoms with Crippen molar-refractivity contribution in [2.75, 3.05) is 58.4 Å². The first kappa shape index (κ1) is 21.4. The second-order valence-electron chi connectivity index (χ2n) is 8.10. The van der Waals surface area contributed by atoms with Crippen LogP contribution in [0.3, 0.4) is 0 Å². The first-order valence-corrected chi connectivity index (χ1v) is 11.4. The van der Waals surface area contributed by atoms with Crippen LogP contribution in [0.5, 0.6) is 0 Å². The molecular weight excluding hydrogens is 400 g/mol. The molecule has 3 aliphatic heterocycles. The van der Waals surface area contributed by atoms with Crippen molar-refractivity contribution >= 4 is 34.6 Å². The number of rotatable bonds is 6. The van der Waals surface area contributed by atoms with Gasteiger partial charge in [-0.2, -0.15) is 4.99 Å². The van der Waals surface area contributed by atoms with Crippen LogP contribution >= 0.6 is 11.8 Å². The Morgan fingerprint density at radius 3 is 2.57 bits per heavy atom. The van der Waals surface area contributed by atoms with Crippen LogP contribution in [0.25, 0.3) is 6.08 Å². The van der Waals surface area contributed by atoms with Gasteiger partial charge in [0.25, 0.3) is 5.91 Å². The molecule has 3 aliphatic rings. The van der Waals surface area contributed by atoms with E-state index in [9.17, 15) is 4.79 Å². The predicted molar refractivity (Wildman–Crippen MR) is 122 cm³/mol. The number of amides is 1. The molecule has 0 radical (unpaired) electrons. The number of hydrogen-bond acceptors (Lipinski definition) is 7. The van der Waals surface area contributed by atoms with Gasteiger partial charge in [-0.3, -0.25) is 4.79 Å². The zero-order chi connectivity index (χ0) is 21.0. The van der Waals surface area contributed by atoms with Gasteiger partial charge in [0.1, 0.15) is 0 Å². The van der Waals surface area contributed by atoms with Crippen LogP contribution in [0.2, 0.25) is 0 Å². The highest BCUT2D eigenvalue weighted by Crippen LogP contribution is 2.33. The summed E-state index contributed by atoms with van der Waals surface area (Å²) in [5, 5.41) is 3.95. The third-order valence-electron chi connectivity index (χ3n) is 5.57. The molecule has 30 heavy (non-hydrogen) atoms. The molecule has 2 saturated heterocycles. The lowest BCUT2D eigenvalue weighted by Crippen LogP contribution is -2.45. The Hall–Kier alpha value is -1.87. The zero-order valence-electron chi connectivity index (χ0n) is 17.7. The summed E-state index contributed by atoms with van der Waals surface area (Å²) < 4.78 is 11.6. The fourth-order valence-electron chi connectivity index (χ4n) is 3.90. The van der Waals surface area contributed by atoms with E-state index in [-0.39, 0.29) is 11.7 Å². The van der Waals surface area contributed by atoms with Crippen molar-refractivity contribution in [1.82, 2.24) is 10.2 Å². The quantitative estimate of drug-likeness (QED) is 0.550. The molecule has 8 heteroatoms. The van der Waals surface area contributed by atoms with Gasteiger partial charge in [-0.05, 0) is 62.6 Å². The van der Waals surface area contributed by atoms with E-state index in [0.717, 1.165) is 51.0 Å². The fourth-order valence-corrected chi connectivity index (χ4v) is 4.74. The third kappa shape index (κ3) is 5.24. The lowest BCUT2D eigenvalue weighted by atomic mass is 10.0. The minimum Gasteiger partial charge on any atom is -0.371 e. The summed E-state index contributed by atoms with van der Waals surface area (Å²) in [6, 6.07) is 8.36. The Kier molecular flexibility index (Phi) is 6.77. The standard InChI is InChI=1S/C22H30N4O3S/c1-25(2)11-3-10-23-21-24-20(27)19(30-21)16-17-4-6-18(7-5-17)26-12-8-22(9-13-26)28-14-15-29-22/h4-7,16H,3,8-15H2,1-2H3,(H,23,24,27). The molecule has 0 aromatic heterocycles. The maximum Gasteiger partial charge on any atom is 0.286 e. The lowest BCUT2D eigenvalue weighted by molar-refractivity contribution is -0.169. The number of piperidine rings is 1. The lowest BCUT2D eigenvalue weighted by Gasteiger charge is -2.38. The fraction of sp³-hybridized carbons (Fsp3) is 0.545. The molecule has 7 nitrogen and oxygen atoms in total. The zero-order valence-corrected chi connectivity index (χ0v) is 18.5. The molecule has 0 atom stereocenters. The summed E-state index contributed by atoms with van der Waals surface area (Å²) in [7, 11) is 4.11. The number of benzene rings is 1. The highest BCUT2D eigenvalue weighted by molar-refractivity contribution is 8.18. The van der Waals surface area contributed by atoms with Gasteiger partial charge in [-0.25, -0.2) is 0 Å². The van der Waals surface area contributed by atoms with Gasteiger partial charge >= 0.3 is 0 Å². The number of nitrogens with one attached hydrogen (secondary N) is 1. The summed E-state index contributed by atoms with van der Waals surface area (Å²) in [5.74, 6) is -0.517. The van der Waals surface area contributed by atoms with Crippen molar-refractivity contribution < 1.29 is 14.3 Å². The Balaban J connectivity index is 1.29. The molecule has 3 heterocycles. The summed E-state index contributed by atoms with van der Waals surface area (Å²) in [6.45, 7) is 5.07. The number of aliphatic imine (C=N–C) groups is 1. The van der Waals surface area contributed by atoms with Crippen LogP contribution < -0.4 is 10.2 Å². The van der Waals surface area contributed by atoms with Crippen molar-refractivity contribution in [3.63, 3.8) is 0 Å². The molecule has 0 saturated carbocycles. The average Bonchev–Trinajstić information content (AvgIpc) is 3.33. The molecule has 4 rings (SSSR count). The normalized spacial score (nSPS) is 22.4. The number of thioether (sulfide) groups is 1. The number of anilines is 1. The van der Waals surface area contributed by atoms with E-state index in [1.807, 2.05) is 6.08 Å². The molecular formula is C22H30N4O3S. The third-order valence-corrected chi connectivity index (χ3v) is 6.51. The summed E-state index contributed by atoms with van der Waals surface area (Å²) in [5.41, 5.74) is 2.20. The predicted octanol–water partition coefficient (Wildman–Crippen LogP) is 2.54. The Morgan fingerprint density at radius 1 is 1.20 bits per heavy atom. The SMILES string of the molecule is CN(C)CCCNC1=NC(=O)C(=Cc2ccc(N3CCC4(CC3)OCCO4)cc2)S1. The number of carbonyl (C=O) groups is 1. The van der Waals surface area contributed by atoms with Crippen LogP contribution in [-0.4, -0.2) is 75.2 Å². The molecule has 162 valence electrons. The minimum atomic E-state index is -0.348. The highest BCUT2D eigenvalue weighted by atomic mass is 32.2. The molecule has 0 unspecified atom stereocenters. The van der Waals surface area contributed by atoms with E-state index in [1.165, 1.54) is 17.4 Å². The van der Waals surface area contributed by atoms with Crippen LogP contribution in [-0.2, 0) is 14.3 Å². The van der Waals surface area contributed by atoms with Crippen LogP contribution in [0.4, 0.5) is 5.69 Å². The maximum atomic E-state index is 12.2. The van der Waals surface area contributed by atoms with E-state index in [0.29, 0.717) is 23.3 Å². The van der Waals surface area contributed by atoms with E-state index >= 15 is 0 Å². The van der Waals surface area contributed by atoms with E-state index < -0.39 is 0 Å². The average molecular weight is 431 g/mol. The number of amidine groups is 1. The molecule has 1 aromatic rings. The number of hydrogen-bond donors (Lipinski definition) is 1. The van der Waals surface area contributed by atoms with Crippen LogP contribution in [0, 0.1) is 0 Å². The van der Waals surface area contributed by atoms with Gasteiger partial charge in [-0.1, -0.05) is 12.1 Å². The Labute approximate surface area is 182 Å². The monoisotopic (exact) mass is 430 g/mol. The molecule has 1 aromatic carbocycles. The van der Waals surface area contributed by atoms with Gasteiger partial charge in [0, 0.05) is 38.2 Å². The molecule has 2 fully saturated rings. The first-order valence-electron chi connectivity index (χ1n) is 10.6. The van der Waals surface area contributed by atoms with Gasteiger partial charge in [-0.15, -0.1) is 0 Å². The van der Waals surface area contributed by atoms with Crippen LogP contribution in [0.15, 0.2) is 34.2 Å². The Morgan fingerprint density at radius 2 is 1.90 bits per heavy atom. The topological polar surface area (TPSA) is 66.4 Å². The Bertz CT molecular complexity index is 806. The molecule has 0 aliphatic carbocycles. The molecule has 1 N–H and O–H groups in total. The molecule has 1 amide bonds.